The van der Waals surface area contributed by atoms with E-state index in [1.54, 1.807) is 56.0 Å². The Morgan fingerprint density at radius 2 is 1.66 bits per heavy atom. The monoisotopic (exact) mass is 412 g/mol. The van der Waals surface area contributed by atoms with E-state index in [9.17, 15) is 9.59 Å². The van der Waals surface area contributed by atoms with Crippen molar-refractivity contribution in [2.24, 2.45) is 0 Å². The highest BCUT2D eigenvalue weighted by atomic mass is 32.1. The van der Waals surface area contributed by atoms with Gasteiger partial charge in [0.05, 0.1) is 19.9 Å². The quantitative estimate of drug-likeness (QED) is 0.540. The van der Waals surface area contributed by atoms with Crippen LogP contribution in [0.3, 0.4) is 0 Å². The van der Waals surface area contributed by atoms with Gasteiger partial charge in [-0.3, -0.25) is 9.59 Å². The number of carbonyl (C=O) groups is 2. The number of methoxy groups -OCH3 is 2. The molecule has 1 heterocycles. The molecule has 0 spiro atoms. The zero-order chi connectivity index (χ0) is 20.8. The third kappa shape index (κ3) is 5.23. The highest BCUT2D eigenvalue weighted by Gasteiger charge is 2.13. The first-order valence-corrected chi connectivity index (χ1v) is 9.50. The van der Waals surface area contributed by atoms with Crippen LogP contribution >= 0.6 is 11.3 Å². The first-order valence-electron chi connectivity index (χ1n) is 8.62. The van der Waals surface area contributed by atoms with Gasteiger partial charge < -0.3 is 25.4 Å². The molecule has 3 N–H and O–H groups in total. The molecule has 0 aliphatic heterocycles. The number of amides is 2. The summed E-state index contributed by atoms with van der Waals surface area (Å²) < 4.78 is 10.5. The molecule has 9 heteroatoms. The number of hydrogen-bond donors (Lipinski definition) is 3. The van der Waals surface area contributed by atoms with Gasteiger partial charge in [0.1, 0.15) is 17.2 Å². The Hall–Kier alpha value is -3.59. The summed E-state index contributed by atoms with van der Waals surface area (Å²) in [6, 6.07) is 12.2. The van der Waals surface area contributed by atoms with Crippen LogP contribution in [0.2, 0.25) is 0 Å². The molecule has 3 aromatic rings. The fraction of sp³-hybridized carbons (Fsp3) is 0.150. The summed E-state index contributed by atoms with van der Waals surface area (Å²) in [6.07, 6.45) is 0. The first kappa shape index (κ1) is 20.2. The van der Waals surface area contributed by atoms with Crippen LogP contribution in [0.5, 0.6) is 11.5 Å². The van der Waals surface area contributed by atoms with Gasteiger partial charge in [-0.1, -0.05) is 0 Å². The van der Waals surface area contributed by atoms with Crippen LogP contribution in [0.25, 0.3) is 0 Å². The maximum atomic E-state index is 12.4. The maximum absolute atomic E-state index is 12.4. The number of carbonyl (C=O) groups excluding carboxylic acids is 2. The number of aromatic nitrogens is 1. The standard InChI is InChI=1S/C20H20N4O4S/c1-12(25)21-13-4-6-14(7-5-13)22-19(26)17-11-29-20(24-17)23-16-9-8-15(27-2)10-18(16)28-3/h4-11H,1-3H3,(H,21,25)(H,22,26)(H,23,24). The molecule has 0 aliphatic carbocycles. The number of nitrogens with zero attached hydrogens (tertiary/aromatic N) is 1. The number of nitrogens with one attached hydrogen (secondary N) is 3. The van der Waals surface area contributed by atoms with Crippen molar-refractivity contribution >= 4 is 45.3 Å². The minimum atomic E-state index is -0.330. The van der Waals surface area contributed by atoms with Crippen LogP contribution in [-0.4, -0.2) is 31.0 Å². The summed E-state index contributed by atoms with van der Waals surface area (Å²) in [5.74, 6) is 0.794. The summed E-state index contributed by atoms with van der Waals surface area (Å²) >= 11 is 1.30. The molecule has 0 bridgehead atoms. The Balaban J connectivity index is 1.66. The Morgan fingerprint density at radius 1 is 0.966 bits per heavy atom. The molecule has 2 amide bonds. The molecular formula is C20H20N4O4S. The Morgan fingerprint density at radius 3 is 2.28 bits per heavy atom. The summed E-state index contributed by atoms with van der Waals surface area (Å²) in [7, 11) is 3.15. The molecule has 0 saturated carbocycles. The van der Waals surface area contributed by atoms with Crippen molar-refractivity contribution in [2.75, 3.05) is 30.2 Å². The van der Waals surface area contributed by atoms with Crippen LogP contribution in [0.1, 0.15) is 17.4 Å². The summed E-state index contributed by atoms with van der Waals surface area (Å²) in [5.41, 5.74) is 2.26. The number of benzene rings is 2. The van der Waals surface area contributed by atoms with Crippen LogP contribution in [-0.2, 0) is 4.79 Å². The van der Waals surface area contributed by atoms with Gasteiger partial charge in [0.2, 0.25) is 5.91 Å². The average Bonchev–Trinajstić information content (AvgIpc) is 3.18. The van der Waals surface area contributed by atoms with Crippen molar-refractivity contribution in [3.05, 3.63) is 53.5 Å². The smallest absolute Gasteiger partial charge is 0.275 e. The molecule has 0 unspecified atom stereocenters. The van der Waals surface area contributed by atoms with E-state index in [1.807, 2.05) is 6.07 Å². The van der Waals surface area contributed by atoms with Crippen molar-refractivity contribution < 1.29 is 19.1 Å². The topological polar surface area (TPSA) is 102 Å². The molecule has 150 valence electrons. The molecule has 2 aromatic carbocycles. The molecule has 29 heavy (non-hydrogen) atoms. The second kappa shape index (κ2) is 9.07. The van der Waals surface area contributed by atoms with Crippen LogP contribution in [0.15, 0.2) is 47.8 Å². The molecule has 3 rings (SSSR count). The van der Waals surface area contributed by atoms with Crippen LogP contribution in [0, 0.1) is 0 Å². The molecule has 0 saturated heterocycles. The van der Waals surface area contributed by atoms with E-state index in [4.69, 9.17) is 9.47 Å². The fourth-order valence-electron chi connectivity index (χ4n) is 2.49. The van der Waals surface area contributed by atoms with E-state index in [0.717, 1.165) is 0 Å². The molecule has 0 aliphatic rings. The Bertz CT molecular complexity index is 1020. The lowest BCUT2D eigenvalue weighted by Gasteiger charge is -2.10. The predicted molar refractivity (Wildman–Crippen MR) is 114 cm³/mol. The highest BCUT2D eigenvalue weighted by Crippen LogP contribution is 2.32. The maximum Gasteiger partial charge on any atom is 0.275 e. The largest absolute Gasteiger partial charge is 0.497 e. The lowest BCUT2D eigenvalue weighted by atomic mass is 10.2. The summed E-state index contributed by atoms with van der Waals surface area (Å²) in [6.45, 7) is 1.44. The van der Waals surface area contributed by atoms with E-state index in [0.29, 0.717) is 33.7 Å². The fourth-order valence-corrected chi connectivity index (χ4v) is 3.19. The second-order valence-corrected chi connectivity index (χ2v) is 6.80. The molecule has 8 nitrogen and oxygen atoms in total. The van der Waals surface area contributed by atoms with Crippen molar-refractivity contribution in [2.45, 2.75) is 6.92 Å². The minimum Gasteiger partial charge on any atom is -0.497 e. The second-order valence-electron chi connectivity index (χ2n) is 5.94. The highest BCUT2D eigenvalue weighted by molar-refractivity contribution is 7.14. The third-order valence-corrected chi connectivity index (χ3v) is 4.61. The van der Waals surface area contributed by atoms with Gasteiger partial charge in [-0.2, -0.15) is 0 Å². The van der Waals surface area contributed by atoms with Gasteiger partial charge in [-0.05, 0) is 36.4 Å². The molecular weight excluding hydrogens is 392 g/mol. The van der Waals surface area contributed by atoms with Crippen LogP contribution in [0.4, 0.5) is 22.2 Å². The number of anilines is 4. The van der Waals surface area contributed by atoms with Gasteiger partial charge in [-0.15, -0.1) is 11.3 Å². The number of thiazole rings is 1. The predicted octanol–water partition coefficient (Wildman–Crippen LogP) is 4.11. The minimum absolute atomic E-state index is 0.155. The number of rotatable bonds is 7. The van der Waals surface area contributed by atoms with E-state index < -0.39 is 0 Å². The normalized spacial score (nSPS) is 10.2. The van der Waals surface area contributed by atoms with E-state index in [-0.39, 0.29) is 17.5 Å². The van der Waals surface area contributed by atoms with Gasteiger partial charge in [-0.25, -0.2) is 4.98 Å². The lowest BCUT2D eigenvalue weighted by Crippen LogP contribution is -2.12. The molecule has 0 fully saturated rings. The zero-order valence-corrected chi connectivity index (χ0v) is 16.9. The lowest BCUT2D eigenvalue weighted by molar-refractivity contribution is -0.114. The van der Waals surface area contributed by atoms with Gasteiger partial charge in [0.25, 0.3) is 5.91 Å². The number of hydrogen-bond acceptors (Lipinski definition) is 7. The Kier molecular flexibility index (Phi) is 6.30. The Labute approximate surface area is 171 Å². The van der Waals surface area contributed by atoms with Gasteiger partial charge >= 0.3 is 0 Å². The number of ether oxygens (including phenoxy) is 2. The van der Waals surface area contributed by atoms with Crippen molar-refractivity contribution in [3.8, 4) is 11.5 Å². The summed E-state index contributed by atoms with van der Waals surface area (Å²) in [5, 5.41) is 10.8. The average molecular weight is 412 g/mol. The third-order valence-electron chi connectivity index (χ3n) is 3.85. The van der Waals surface area contributed by atoms with Crippen molar-refractivity contribution in [3.63, 3.8) is 0 Å². The van der Waals surface area contributed by atoms with E-state index >= 15 is 0 Å². The summed E-state index contributed by atoms with van der Waals surface area (Å²) in [4.78, 5) is 27.8. The van der Waals surface area contributed by atoms with E-state index in [1.165, 1.54) is 18.3 Å². The van der Waals surface area contributed by atoms with Gasteiger partial charge in [0.15, 0.2) is 5.13 Å². The first-order chi connectivity index (χ1) is 14.0. The van der Waals surface area contributed by atoms with Crippen LogP contribution < -0.4 is 25.4 Å². The van der Waals surface area contributed by atoms with E-state index in [2.05, 4.69) is 20.9 Å². The molecule has 1 aromatic heterocycles. The molecule has 0 radical (unpaired) electrons. The zero-order valence-electron chi connectivity index (χ0n) is 16.1. The van der Waals surface area contributed by atoms with Gasteiger partial charge in [0, 0.05) is 29.7 Å². The molecule has 0 atom stereocenters. The van der Waals surface area contributed by atoms with Crippen molar-refractivity contribution in [1.29, 1.82) is 0 Å². The SMILES string of the molecule is COc1ccc(Nc2nc(C(=O)Nc3ccc(NC(C)=O)cc3)cs2)c(OC)c1. The van der Waals surface area contributed by atoms with Crippen molar-refractivity contribution in [1.82, 2.24) is 4.98 Å².